The monoisotopic (exact) mass is 370 g/mol. The molecule has 0 fully saturated rings. The summed E-state index contributed by atoms with van der Waals surface area (Å²) in [5.74, 6) is 2.06. The molecule has 4 heteroatoms. The van der Waals surface area contributed by atoms with Gasteiger partial charge in [-0.1, -0.05) is 59.3 Å². The van der Waals surface area contributed by atoms with Crippen molar-refractivity contribution >= 4 is 0 Å². The molecule has 0 radical (unpaired) electrons. The van der Waals surface area contributed by atoms with E-state index < -0.39 is 0 Å². The van der Waals surface area contributed by atoms with Gasteiger partial charge in [-0.2, -0.15) is 0 Å². The Hall–Kier alpha value is -2.10. The molecule has 0 aliphatic heterocycles. The fourth-order valence-electron chi connectivity index (χ4n) is 2.68. The van der Waals surface area contributed by atoms with Crippen LogP contribution in [-0.2, 0) is 0 Å². The van der Waals surface area contributed by atoms with Crippen molar-refractivity contribution in [2.24, 2.45) is 5.92 Å². The predicted octanol–water partition coefficient (Wildman–Crippen LogP) is 6.31. The molecule has 0 amide bonds. The van der Waals surface area contributed by atoms with E-state index in [2.05, 4.69) is 30.7 Å². The standard InChI is InChI=1S/C23H34N2O2/c1-4-6-7-8-9-10-15-26-23-17-24-22(16-25-23)20-11-13-21(14-12-20)27-18-19(3)5-2/h11-14,16-17,19H,4-10,15,18H2,1-3H3/t19-/m0/s1. The maximum absolute atomic E-state index is 5.80. The second-order valence-electron chi connectivity index (χ2n) is 7.20. The lowest BCUT2D eigenvalue weighted by molar-refractivity contribution is 0.256. The van der Waals surface area contributed by atoms with Gasteiger partial charge < -0.3 is 9.47 Å². The number of benzene rings is 1. The van der Waals surface area contributed by atoms with E-state index in [4.69, 9.17) is 9.47 Å². The van der Waals surface area contributed by atoms with Gasteiger partial charge in [0.1, 0.15) is 5.75 Å². The highest BCUT2D eigenvalue weighted by Crippen LogP contribution is 2.21. The van der Waals surface area contributed by atoms with Crippen LogP contribution in [0.25, 0.3) is 11.3 Å². The first-order chi connectivity index (χ1) is 13.2. The van der Waals surface area contributed by atoms with E-state index in [0.29, 0.717) is 18.4 Å². The smallest absolute Gasteiger partial charge is 0.232 e. The number of hydrogen-bond donors (Lipinski definition) is 0. The van der Waals surface area contributed by atoms with Crippen LogP contribution in [0.5, 0.6) is 11.6 Å². The summed E-state index contributed by atoms with van der Waals surface area (Å²) in [6.45, 7) is 8.07. The minimum atomic E-state index is 0.569. The normalized spacial score (nSPS) is 12.0. The number of ether oxygens (including phenoxy) is 2. The Morgan fingerprint density at radius 2 is 1.59 bits per heavy atom. The third-order valence-electron chi connectivity index (χ3n) is 4.76. The molecule has 148 valence electrons. The first-order valence-corrected chi connectivity index (χ1v) is 10.4. The summed E-state index contributed by atoms with van der Waals surface area (Å²) in [5.41, 5.74) is 1.87. The molecule has 0 aliphatic carbocycles. The van der Waals surface area contributed by atoms with Crippen molar-refractivity contribution in [2.45, 2.75) is 65.7 Å². The Morgan fingerprint density at radius 1 is 0.852 bits per heavy atom. The molecule has 0 bridgehead atoms. The lowest BCUT2D eigenvalue weighted by Gasteiger charge is -2.11. The Morgan fingerprint density at radius 3 is 2.26 bits per heavy atom. The van der Waals surface area contributed by atoms with Crippen LogP contribution >= 0.6 is 0 Å². The molecule has 27 heavy (non-hydrogen) atoms. The fourth-order valence-corrected chi connectivity index (χ4v) is 2.68. The Balaban J connectivity index is 1.75. The largest absolute Gasteiger partial charge is 0.493 e. The molecule has 0 unspecified atom stereocenters. The van der Waals surface area contributed by atoms with Gasteiger partial charge in [-0.15, -0.1) is 0 Å². The van der Waals surface area contributed by atoms with Crippen molar-refractivity contribution in [3.8, 4) is 22.9 Å². The molecule has 0 saturated heterocycles. The summed E-state index contributed by atoms with van der Waals surface area (Å²) in [4.78, 5) is 8.86. The highest BCUT2D eigenvalue weighted by Gasteiger charge is 2.04. The topological polar surface area (TPSA) is 44.2 Å². The van der Waals surface area contributed by atoms with Crippen LogP contribution in [0.1, 0.15) is 65.7 Å². The summed E-state index contributed by atoms with van der Waals surface area (Å²) in [5, 5.41) is 0. The van der Waals surface area contributed by atoms with Crippen molar-refractivity contribution in [2.75, 3.05) is 13.2 Å². The van der Waals surface area contributed by atoms with E-state index in [-0.39, 0.29) is 0 Å². The molecule has 4 nitrogen and oxygen atoms in total. The minimum absolute atomic E-state index is 0.569. The van der Waals surface area contributed by atoms with Crippen molar-refractivity contribution in [3.05, 3.63) is 36.7 Å². The molecule has 1 atom stereocenters. The lowest BCUT2D eigenvalue weighted by Crippen LogP contribution is -2.07. The summed E-state index contributed by atoms with van der Waals surface area (Å²) in [7, 11) is 0. The minimum Gasteiger partial charge on any atom is -0.493 e. The van der Waals surface area contributed by atoms with Gasteiger partial charge in [0, 0.05) is 5.56 Å². The third kappa shape index (κ3) is 7.98. The molecule has 0 spiro atoms. The first-order valence-electron chi connectivity index (χ1n) is 10.4. The van der Waals surface area contributed by atoms with Crippen molar-refractivity contribution in [3.63, 3.8) is 0 Å². The summed E-state index contributed by atoms with van der Waals surface area (Å²) >= 11 is 0. The molecule has 0 N–H and O–H groups in total. The zero-order chi connectivity index (χ0) is 19.3. The molecule has 0 saturated carbocycles. The maximum Gasteiger partial charge on any atom is 0.232 e. The van der Waals surface area contributed by atoms with Crippen LogP contribution in [-0.4, -0.2) is 23.2 Å². The van der Waals surface area contributed by atoms with Crippen LogP contribution in [0.2, 0.25) is 0 Å². The third-order valence-corrected chi connectivity index (χ3v) is 4.76. The van der Waals surface area contributed by atoms with Crippen LogP contribution < -0.4 is 9.47 Å². The molecule has 2 rings (SSSR count). The van der Waals surface area contributed by atoms with Crippen molar-refractivity contribution in [1.82, 2.24) is 9.97 Å². The maximum atomic E-state index is 5.80. The number of aromatic nitrogens is 2. The highest BCUT2D eigenvalue weighted by molar-refractivity contribution is 5.59. The molecular weight excluding hydrogens is 336 g/mol. The van der Waals surface area contributed by atoms with Crippen molar-refractivity contribution in [1.29, 1.82) is 0 Å². The fraction of sp³-hybridized carbons (Fsp3) is 0.565. The second kappa shape index (κ2) is 12.3. The van der Waals surface area contributed by atoms with E-state index >= 15 is 0 Å². The van der Waals surface area contributed by atoms with E-state index in [0.717, 1.165) is 36.5 Å². The number of rotatable bonds is 13. The molecular formula is C23H34N2O2. The van der Waals surface area contributed by atoms with Gasteiger partial charge in [-0.25, -0.2) is 9.97 Å². The quantitative estimate of drug-likeness (QED) is 0.388. The predicted molar refractivity (Wildman–Crippen MR) is 111 cm³/mol. The van der Waals surface area contributed by atoms with Gasteiger partial charge in [0.05, 0.1) is 31.3 Å². The van der Waals surface area contributed by atoms with Gasteiger partial charge in [-0.05, 0) is 36.6 Å². The average Bonchev–Trinajstić information content (AvgIpc) is 2.72. The van der Waals surface area contributed by atoms with Crippen LogP contribution in [0.15, 0.2) is 36.7 Å². The summed E-state index contributed by atoms with van der Waals surface area (Å²) in [6.07, 6.45) is 12.1. The van der Waals surface area contributed by atoms with Gasteiger partial charge in [-0.3, -0.25) is 0 Å². The number of unbranched alkanes of at least 4 members (excludes halogenated alkanes) is 5. The molecule has 0 aliphatic rings. The zero-order valence-corrected chi connectivity index (χ0v) is 17.1. The zero-order valence-electron chi connectivity index (χ0n) is 17.1. The molecule has 1 aromatic heterocycles. The van der Waals surface area contributed by atoms with Gasteiger partial charge in [0.2, 0.25) is 5.88 Å². The Kier molecular flexibility index (Phi) is 9.67. The van der Waals surface area contributed by atoms with Crippen LogP contribution in [0.3, 0.4) is 0 Å². The van der Waals surface area contributed by atoms with Crippen LogP contribution in [0, 0.1) is 5.92 Å². The van der Waals surface area contributed by atoms with Crippen molar-refractivity contribution < 1.29 is 9.47 Å². The number of nitrogens with zero attached hydrogens (tertiary/aromatic N) is 2. The molecule has 1 heterocycles. The van der Waals surface area contributed by atoms with Gasteiger partial charge in [0.15, 0.2) is 0 Å². The Bertz CT molecular complexity index is 626. The van der Waals surface area contributed by atoms with Gasteiger partial charge >= 0.3 is 0 Å². The molecule has 1 aromatic carbocycles. The first kappa shape index (κ1) is 21.2. The second-order valence-corrected chi connectivity index (χ2v) is 7.20. The average molecular weight is 371 g/mol. The van der Waals surface area contributed by atoms with E-state index in [1.54, 1.807) is 12.4 Å². The van der Waals surface area contributed by atoms with E-state index in [1.165, 1.54) is 32.1 Å². The Labute approximate surface area is 164 Å². The van der Waals surface area contributed by atoms with Crippen LogP contribution in [0.4, 0.5) is 0 Å². The summed E-state index contributed by atoms with van der Waals surface area (Å²) in [6, 6.07) is 8.02. The summed E-state index contributed by atoms with van der Waals surface area (Å²) < 4.78 is 11.5. The van der Waals surface area contributed by atoms with Gasteiger partial charge in [0.25, 0.3) is 0 Å². The van der Waals surface area contributed by atoms with E-state index in [1.807, 2.05) is 24.3 Å². The lowest BCUT2D eigenvalue weighted by atomic mass is 10.1. The van der Waals surface area contributed by atoms with E-state index in [9.17, 15) is 0 Å². The SMILES string of the molecule is CCCCCCCCOc1cnc(-c2ccc(OC[C@@H](C)CC)cc2)cn1. The molecule has 2 aromatic rings. The highest BCUT2D eigenvalue weighted by atomic mass is 16.5. The number of hydrogen-bond acceptors (Lipinski definition) is 4.